The number of aromatic nitrogens is 2. The molecule has 6 nitrogen and oxygen atoms in total. The lowest BCUT2D eigenvalue weighted by atomic mass is 10.1. The van der Waals surface area contributed by atoms with Crippen LogP contribution in [-0.4, -0.2) is 46.8 Å². The average molecular weight is 396 g/mol. The van der Waals surface area contributed by atoms with Crippen molar-refractivity contribution in [3.05, 3.63) is 88.2 Å². The molecule has 8 heteroatoms. The van der Waals surface area contributed by atoms with Crippen molar-refractivity contribution in [2.75, 3.05) is 31.1 Å². The molecule has 2 aromatic carbocycles. The number of amides is 1. The Morgan fingerprint density at radius 3 is 2.14 bits per heavy atom. The fourth-order valence-corrected chi connectivity index (χ4v) is 3.32. The van der Waals surface area contributed by atoms with Gasteiger partial charge in [-0.15, -0.1) is 5.10 Å². The maximum Gasteiger partial charge on any atom is 0.271 e. The van der Waals surface area contributed by atoms with E-state index in [-0.39, 0.29) is 5.56 Å². The molecule has 0 radical (unpaired) electrons. The first-order valence-electron chi connectivity index (χ1n) is 9.18. The molecule has 0 atom stereocenters. The summed E-state index contributed by atoms with van der Waals surface area (Å²) in [5.74, 6) is -1.80. The second kappa shape index (κ2) is 7.83. The normalized spacial score (nSPS) is 14.1. The monoisotopic (exact) mass is 396 g/mol. The predicted molar refractivity (Wildman–Crippen MR) is 104 cm³/mol. The number of hydrogen-bond donors (Lipinski definition) is 0. The summed E-state index contributed by atoms with van der Waals surface area (Å²) in [6.45, 7) is 1.45. The zero-order valence-electron chi connectivity index (χ0n) is 15.5. The number of carbonyl (C=O) groups is 1. The van der Waals surface area contributed by atoms with Gasteiger partial charge in [-0.25, -0.2) is 8.78 Å². The maximum atomic E-state index is 13.9. The Kier molecular flexibility index (Phi) is 5.07. The van der Waals surface area contributed by atoms with E-state index in [1.807, 2.05) is 23.1 Å². The Morgan fingerprint density at radius 2 is 1.48 bits per heavy atom. The summed E-state index contributed by atoms with van der Waals surface area (Å²) in [7, 11) is 0. The molecule has 0 spiro atoms. The van der Waals surface area contributed by atoms with Crippen molar-refractivity contribution in [3.63, 3.8) is 0 Å². The van der Waals surface area contributed by atoms with Crippen LogP contribution in [0, 0.1) is 11.6 Å². The average Bonchev–Trinajstić information content (AvgIpc) is 2.75. The Hall–Kier alpha value is -3.55. The van der Waals surface area contributed by atoms with Crippen molar-refractivity contribution < 1.29 is 13.6 Å². The highest BCUT2D eigenvalue weighted by Crippen LogP contribution is 2.18. The minimum absolute atomic E-state index is 0.246. The van der Waals surface area contributed by atoms with Gasteiger partial charge < -0.3 is 9.80 Å². The van der Waals surface area contributed by atoms with Gasteiger partial charge >= 0.3 is 0 Å². The minimum atomic E-state index is -0.867. The smallest absolute Gasteiger partial charge is 0.271 e. The lowest BCUT2D eigenvalue weighted by Crippen LogP contribution is -2.49. The first kappa shape index (κ1) is 18.8. The first-order chi connectivity index (χ1) is 14.0. The van der Waals surface area contributed by atoms with Gasteiger partial charge in [0.05, 0.1) is 5.69 Å². The lowest BCUT2D eigenvalue weighted by Gasteiger charge is -2.35. The van der Waals surface area contributed by atoms with Crippen molar-refractivity contribution in [1.82, 2.24) is 14.7 Å². The van der Waals surface area contributed by atoms with Gasteiger partial charge in [-0.3, -0.25) is 9.59 Å². The number of hydrogen-bond acceptors (Lipinski definition) is 4. The summed E-state index contributed by atoms with van der Waals surface area (Å²) in [5.41, 5.74) is -0.122. The number of para-hydroxylation sites is 1. The molecule has 0 N–H and O–H groups in total. The number of anilines is 1. The molecule has 4 rings (SSSR count). The highest BCUT2D eigenvalue weighted by Gasteiger charge is 2.27. The van der Waals surface area contributed by atoms with Crippen LogP contribution in [0.25, 0.3) is 5.69 Å². The molecule has 1 amide bonds. The van der Waals surface area contributed by atoms with Crippen LogP contribution >= 0.6 is 0 Å². The second-order valence-corrected chi connectivity index (χ2v) is 6.65. The summed E-state index contributed by atoms with van der Waals surface area (Å²) < 4.78 is 29.1. The largest absolute Gasteiger partial charge is 0.352 e. The van der Waals surface area contributed by atoms with E-state index >= 15 is 0 Å². The fourth-order valence-electron chi connectivity index (χ4n) is 3.32. The number of nitrogens with zero attached hydrogens (tertiary/aromatic N) is 4. The summed E-state index contributed by atoms with van der Waals surface area (Å²) in [5, 5.41) is 4.43. The Bertz CT molecular complexity index is 1070. The van der Waals surface area contributed by atoms with E-state index < -0.39 is 23.1 Å². The lowest BCUT2D eigenvalue weighted by molar-refractivity contribution is 0.0736. The van der Waals surface area contributed by atoms with Gasteiger partial charge in [0.2, 0.25) is 0 Å². The standard InChI is InChI=1S/C21H18F2N4O2/c22-16-7-4-8-17(23)20(16)21(29)26-13-11-25(12-14-26)18-9-10-19(28)27(24-18)15-5-2-1-3-6-15/h1-10H,11-14H2. The Balaban J connectivity index is 1.50. The highest BCUT2D eigenvalue weighted by molar-refractivity contribution is 5.95. The van der Waals surface area contributed by atoms with Crippen LogP contribution in [0.4, 0.5) is 14.6 Å². The molecule has 1 aromatic heterocycles. The van der Waals surface area contributed by atoms with E-state index in [9.17, 15) is 18.4 Å². The van der Waals surface area contributed by atoms with Gasteiger partial charge in [-0.05, 0) is 30.3 Å². The third-order valence-electron chi connectivity index (χ3n) is 4.85. The third-order valence-corrected chi connectivity index (χ3v) is 4.85. The molecule has 29 heavy (non-hydrogen) atoms. The zero-order chi connectivity index (χ0) is 20.4. The number of benzene rings is 2. The van der Waals surface area contributed by atoms with Crippen molar-refractivity contribution in [2.24, 2.45) is 0 Å². The van der Waals surface area contributed by atoms with Crippen molar-refractivity contribution in [2.45, 2.75) is 0 Å². The van der Waals surface area contributed by atoms with Crippen LogP contribution in [0.2, 0.25) is 0 Å². The van der Waals surface area contributed by atoms with Crippen LogP contribution in [0.1, 0.15) is 10.4 Å². The van der Waals surface area contributed by atoms with Crippen molar-refractivity contribution in [3.8, 4) is 5.69 Å². The molecule has 0 unspecified atom stereocenters. The molecule has 0 bridgehead atoms. The predicted octanol–water partition coefficient (Wildman–Crippen LogP) is 2.47. The molecule has 148 valence electrons. The van der Waals surface area contributed by atoms with E-state index in [1.165, 1.54) is 21.7 Å². The van der Waals surface area contributed by atoms with Crippen LogP contribution < -0.4 is 10.5 Å². The Labute approximate surface area is 165 Å². The summed E-state index contributed by atoms with van der Waals surface area (Å²) in [6.07, 6.45) is 0. The van der Waals surface area contributed by atoms with E-state index in [4.69, 9.17) is 0 Å². The van der Waals surface area contributed by atoms with Crippen LogP contribution in [0.15, 0.2) is 65.5 Å². The Morgan fingerprint density at radius 1 is 0.828 bits per heavy atom. The number of piperazine rings is 1. The van der Waals surface area contributed by atoms with Gasteiger partial charge in [0, 0.05) is 32.2 Å². The summed E-state index contributed by atoms with van der Waals surface area (Å²) in [4.78, 5) is 28.1. The van der Waals surface area contributed by atoms with Crippen LogP contribution in [0.3, 0.4) is 0 Å². The summed E-state index contributed by atoms with van der Waals surface area (Å²) in [6, 6.07) is 15.5. The number of halogens is 2. The number of carbonyl (C=O) groups excluding carboxylic acids is 1. The number of rotatable bonds is 3. The molecule has 0 aliphatic carbocycles. The van der Waals surface area contributed by atoms with Gasteiger partial charge in [0.15, 0.2) is 0 Å². The molecular weight excluding hydrogens is 378 g/mol. The molecular formula is C21H18F2N4O2. The highest BCUT2D eigenvalue weighted by atomic mass is 19.1. The van der Waals surface area contributed by atoms with Gasteiger partial charge in [0.25, 0.3) is 11.5 Å². The zero-order valence-corrected chi connectivity index (χ0v) is 15.5. The van der Waals surface area contributed by atoms with Gasteiger partial charge in [-0.2, -0.15) is 4.68 Å². The molecule has 0 saturated carbocycles. The SMILES string of the molecule is O=C(c1c(F)cccc1F)N1CCN(c2ccc(=O)n(-c3ccccc3)n2)CC1. The van der Waals surface area contributed by atoms with E-state index in [2.05, 4.69) is 5.10 Å². The van der Waals surface area contributed by atoms with E-state index in [0.29, 0.717) is 37.7 Å². The van der Waals surface area contributed by atoms with Crippen molar-refractivity contribution >= 4 is 11.7 Å². The van der Waals surface area contributed by atoms with E-state index in [0.717, 1.165) is 12.1 Å². The molecule has 1 fully saturated rings. The first-order valence-corrected chi connectivity index (χ1v) is 9.18. The fraction of sp³-hybridized carbons (Fsp3) is 0.190. The molecule has 3 aromatic rings. The minimum Gasteiger partial charge on any atom is -0.352 e. The van der Waals surface area contributed by atoms with Gasteiger partial charge in [-0.1, -0.05) is 24.3 Å². The maximum absolute atomic E-state index is 13.9. The van der Waals surface area contributed by atoms with Crippen molar-refractivity contribution in [1.29, 1.82) is 0 Å². The third kappa shape index (κ3) is 3.73. The molecule has 1 aliphatic rings. The quantitative estimate of drug-likeness (QED) is 0.683. The summed E-state index contributed by atoms with van der Waals surface area (Å²) >= 11 is 0. The molecule has 1 saturated heterocycles. The van der Waals surface area contributed by atoms with Crippen LogP contribution in [0.5, 0.6) is 0 Å². The topological polar surface area (TPSA) is 58.4 Å². The second-order valence-electron chi connectivity index (χ2n) is 6.65. The van der Waals surface area contributed by atoms with E-state index in [1.54, 1.807) is 18.2 Å². The van der Waals surface area contributed by atoms with Gasteiger partial charge in [0.1, 0.15) is 23.0 Å². The van der Waals surface area contributed by atoms with Crippen LogP contribution in [-0.2, 0) is 0 Å². The molecule has 2 heterocycles. The molecule has 1 aliphatic heterocycles.